The largest absolute Gasteiger partial charge is 0.295 e. The molecule has 15 heavy (non-hydrogen) atoms. The first-order chi connectivity index (χ1) is 7.11. The second-order valence-electron chi connectivity index (χ2n) is 4.94. The van der Waals surface area contributed by atoms with Gasteiger partial charge in [0.1, 0.15) is 0 Å². The molecule has 0 radical (unpaired) electrons. The van der Waals surface area contributed by atoms with Crippen LogP contribution in [0, 0.1) is 6.92 Å². The predicted molar refractivity (Wildman–Crippen MR) is 65.1 cm³/mol. The Morgan fingerprint density at radius 3 is 2.33 bits per heavy atom. The average molecular weight is 203 g/mol. The molecule has 0 spiro atoms. The van der Waals surface area contributed by atoms with E-state index in [0.29, 0.717) is 5.92 Å². The van der Waals surface area contributed by atoms with Crippen LogP contribution in [-0.2, 0) is 13.1 Å². The van der Waals surface area contributed by atoms with Gasteiger partial charge < -0.3 is 0 Å². The first kappa shape index (κ1) is 10.7. The van der Waals surface area contributed by atoms with Crippen molar-refractivity contribution in [1.29, 1.82) is 0 Å². The Labute approximate surface area is 93.1 Å². The SMILES string of the molecule is CCN1Cc2cc(C)c(C(C)C)cc2C1. The molecule has 0 saturated carbocycles. The summed E-state index contributed by atoms with van der Waals surface area (Å²) < 4.78 is 0. The van der Waals surface area contributed by atoms with Crippen molar-refractivity contribution in [2.24, 2.45) is 0 Å². The second-order valence-corrected chi connectivity index (χ2v) is 4.94. The fraction of sp³-hybridized carbons (Fsp3) is 0.571. The van der Waals surface area contributed by atoms with E-state index >= 15 is 0 Å². The quantitative estimate of drug-likeness (QED) is 0.711. The Bertz CT molecular complexity index is 366. The fourth-order valence-electron chi connectivity index (χ4n) is 2.51. The van der Waals surface area contributed by atoms with Gasteiger partial charge in [-0.05, 0) is 41.6 Å². The molecule has 0 atom stereocenters. The highest BCUT2D eigenvalue weighted by Crippen LogP contribution is 2.29. The monoisotopic (exact) mass is 203 g/mol. The molecule has 0 unspecified atom stereocenters. The van der Waals surface area contributed by atoms with Gasteiger partial charge in [-0.3, -0.25) is 4.90 Å². The molecule has 82 valence electrons. The number of benzene rings is 1. The number of hydrogen-bond acceptors (Lipinski definition) is 1. The van der Waals surface area contributed by atoms with E-state index < -0.39 is 0 Å². The molecule has 0 aromatic heterocycles. The zero-order chi connectivity index (χ0) is 11.0. The first-order valence-electron chi connectivity index (χ1n) is 5.96. The minimum absolute atomic E-state index is 0.644. The number of rotatable bonds is 2. The van der Waals surface area contributed by atoms with Crippen LogP contribution < -0.4 is 0 Å². The summed E-state index contributed by atoms with van der Waals surface area (Å²) in [5.74, 6) is 0.644. The molecule has 1 heterocycles. The molecule has 1 aliphatic rings. The normalized spacial score (nSPS) is 16.1. The highest BCUT2D eigenvalue weighted by molar-refractivity contribution is 5.41. The summed E-state index contributed by atoms with van der Waals surface area (Å²) >= 11 is 0. The molecular formula is C14H21N. The topological polar surface area (TPSA) is 3.24 Å². The number of aryl methyl sites for hydroxylation is 1. The van der Waals surface area contributed by atoms with E-state index in [9.17, 15) is 0 Å². The predicted octanol–water partition coefficient (Wildman–Crippen LogP) is 3.45. The molecule has 0 aliphatic carbocycles. The molecule has 1 aliphatic heterocycles. The van der Waals surface area contributed by atoms with E-state index in [1.807, 2.05) is 0 Å². The fourth-order valence-corrected chi connectivity index (χ4v) is 2.51. The smallest absolute Gasteiger partial charge is 0.0240 e. The molecule has 2 rings (SSSR count). The summed E-state index contributed by atoms with van der Waals surface area (Å²) in [4.78, 5) is 2.49. The van der Waals surface area contributed by atoms with Crippen LogP contribution in [0.5, 0.6) is 0 Å². The molecule has 1 aromatic carbocycles. The molecule has 0 amide bonds. The van der Waals surface area contributed by atoms with Gasteiger partial charge in [0, 0.05) is 13.1 Å². The standard InChI is InChI=1S/C14H21N/c1-5-15-8-12-6-11(4)14(10(2)3)7-13(12)9-15/h6-7,10H,5,8-9H2,1-4H3. The lowest BCUT2D eigenvalue weighted by molar-refractivity contribution is 0.301. The third-order valence-corrected chi connectivity index (χ3v) is 3.45. The first-order valence-corrected chi connectivity index (χ1v) is 5.96. The molecule has 1 aromatic rings. The summed E-state index contributed by atoms with van der Waals surface area (Å²) in [5, 5.41) is 0. The molecule has 1 nitrogen and oxygen atoms in total. The van der Waals surface area contributed by atoms with Crippen LogP contribution in [0.3, 0.4) is 0 Å². The lowest BCUT2D eigenvalue weighted by Gasteiger charge is -2.11. The van der Waals surface area contributed by atoms with E-state index in [1.54, 1.807) is 11.1 Å². The summed E-state index contributed by atoms with van der Waals surface area (Å²) in [6, 6.07) is 4.81. The van der Waals surface area contributed by atoms with E-state index in [-0.39, 0.29) is 0 Å². The van der Waals surface area contributed by atoms with E-state index in [4.69, 9.17) is 0 Å². The molecule has 0 N–H and O–H groups in total. The Balaban J connectivity index is 2.36. The van der Waals surface area contributed by atoms with Crippen molar-refractivity contribution >= 4 is 0 Å². The van der Waals surface area contributed by atoms with Crippen molar-refractivity contribution < 1.29 is 0 Å². The van der Waals surface area contributed by atoms with Crippen molar-refractivity contribution in [3.8, 4) is 0 Å². The van der Waals surface area contributed by atoms with Gasteiger partial charge >= 0.3 is 0 Å². The van der Waals surface area contributed by atoms with Crippen LogP contribution in [0.15, 0.2) is 12.1 Å². The second kappa shape index (κ2) is 3.97. The Hall–Kier alpha value is -0.820. The average Bonchev–Trinajstić information content (AvgIpc) is 2.58. The minimum atomic E-state index is 0.644. The van der Waals surface area contributed by atoms with Gasteiger partial charge in [0.25, 0.3) is 0 Å². The Kier molecular flexibility index (Phi) is 2.83. The zero-order valence-corrected chi connectivity index (χ0v) is 10.3. The van der Waals surface area contributed by atoms with Gasteiger partial charge in [0.15, 0.2) is 0 Å². The highest BCUT2D eigenvalue weighted by atomic mass is 15.1. The van der Waals surface area contributed by atoms with Gasteiger partial charge in [-0.15, -0.1) is 0 Å². The molecule has 0 fully saturated rings. The maximum Gasteiger partial charge on any atom is 0.0240 e. The maximum atomic E-state index is 2.49. The number of nitrogens with zero attached hydrogens (tertiary/aromatic N) is 1. The zero-order valence-electron chi connectivity index (χ0n) is 10.3. The van der Waals surface area contributed by atoms with E-state index in [2.05, 4.69) is 44.7 Å². The Morgan fingerprint density at radius 1 is 1.20 bits per heavy atom. The van der Waals surface area contributed by atoms with Gasteiger partial charge in [-0.25, -0.2) is 0 Å². The van der Waals surface area contributed by atoms with Gasteiger partial charge in [0.05, 0.1) is 0 Å². The summed E-state index contributed by atoms with van der Waals surface area (Å²) in [6.45, 7) is 12.5. The molecular weight excluding hydrogens is 182 g/mol. The van der Waals surface area contributed by atoms with Crippen molar-refractivity contribution in [3.63, 3.8) is 0 Å². The van der Waals surface area contributed by atoms with Crippen LogP contribution in [0.25, 0.3) is 0 Å². The van der Waals surface area contributed by atoms with Crippen LogP contribution in [0.1, 0.15) is 48.9 Å². The van der Waals surface area contributed by atoms with Crippen molar-refractivity contribution in [3.05, 3.63) is 34.4 Å². The van der Waals surface area contributed by atoms with Gasteiger partial charge in [-0.2, -0.15) is 0 Å². The van der Waals surface area contributed by atoms with Gasteiger partial charge in [0.2, 0.25) is 0 Å². The van der Waals surface area contributed by atoms with Crippen molar-refractivity contribution in [2.45, 2.75) is 46.7 Å². The molecule has 1 heteroatoms. The number of fused-ring (bicyclic) bond motifs is 1. The van der Waals surface area contributed by atoms with Crippen LogP contribution in [-0.4, -0.2) is 11.4 Å². The van der Waals surface area contributed by atoms with E-state index in [1.165, 1.54) is 11.1 Å². The Morgan fingerprint density at radius 2 is 1.80 bits per heavy atom. The number of hydrogen-bond donors (Lipinski definition) is 0. The van der Waals surface area contributed by atoms with Gasteiger partial charge in [-0.1, -0.05) is 32.9 Å². The third-order valence-electron chi connectivity index (χ3n) is 3.45. The summed E-state index contributed by atoms with van der Waals surface area (Å²) in [5.41, 5.74) is 6.07. The van der Waals surface area contributed by atoms with E-state index in [0.717, 1.165) is 19.6 Å². The minimum Gasteiger partial charge on any atom is -0.295 e. The molecule has 0 saturated heterocycles. The van der Waals surface area contributed by atoms with Crippen molar-refractivity contribution in [2.75, 3.05) is 6.54 Å². The van der Waals surface area contributed by atoms with Crippen LogP contribution in [0.4, 0.5) is 0 Å². The summed E-state index contributed by atoms with van der Waals surface area (Å²) in [7, 11) is 0. The van der Waals surface area contributed by atoms with Crippen molar-refractivity contribution in [1.82, 2.24) is 4.90 Å². The lowest BCUT2D eigenvalue weighted by Crippen LogP contribution is -2.14. The molecule has 0 bridgehead atoms. The third kappa shape index (κ3) is 1.93. The van der Waals surface area contributed by atoms with Crippen LogP contribution in [0.2, 0.25) is 0 Å². The summed E-state index contributed by atoms with van der Waals surface area (Å²) in [6.07, 6.45) is 0. The lowest BCUT2D eigenvalue weighted by atomic mass is 9.94. The van der Waals surface area contributed by atoms with Crippen LogP contribution >= 0.6 is 0 Å². The highest BCUT2D eigenvalue weighted by Gasteiger charge is 2.19. The maximum absolute atomic E-state index is 2.49.